The fraction of sp³-hybridized carbons (Fsp3) is 0.458. The first-order valence-corrected chi connectivity index (χ1v) is 23.6. The van der Waals surface area contributed by atoms with Crippen LogP contribution >= 0.6 is 0 Å². The van der Waals surface area contributed by atoms with Crippen molar-refractivity contribution in [1.29, 1.82) is 0 Å². The monoisotopic (exact) mass is 965 g/mol. The number of primary amides is 1. The molecule has 2 saturated heterocycles. The Morgan fingerprint density at radius 3 is 2.11 bits per heavy atom. The third kappa shape index (κ3) is 13.9. The van der Waals surface area contributed by atoms with E-state index in [9.17, 15) is 38.4 Å². The smallest absolute Gasteiger partial charge is 0.246 e. The van der Waals surface area contributed by atoms with Gasteiger partial charge in [0.05, 0.1) is 6.33 Å². The minimum atomic E-state index is -1.31. The molecular formula is C48H64N14O8. The van der Waals surface area contributed by atoms with E-state index in [-0.39, 0.29) is 69.4 Å². The number of nitrogens with two attached hydrogens (primary N) is 3. The van der Waals surface area contributed by atoms with Gasteiger partial charge in [-0.05, 0) is 55.2 Å². The van der Waals surface area contributed by atoms with Crippen molar-refractivity contribution in [2.45, 2.75) is 120 Å². The Hall–Kier alpha value is -7.78. The normalized spacial score (nSPS) is 18.0. The molecule has 70 heavy (non-hydrogen) atoms. The molecule has 6 rings (SSSR count). The lowest BCUT2D eigenvalue weighted by Gasteiger charge is -2.32. The molecule has 0 saturated carbocycles. The first-order chi connectivity index (χ1) is 33.6. The number of aromatic nitrogens is 3. The number of likely N-dealkylation sites (tertiary alicyclic amines) is 1. The SMILES string of the molecule is CC[C@H](C)[C@H](NC(=O)[C@@H]1CCC(=O)N1)C(=O)N1CCC[C@H]1C(=O)N[C@@H](Cc1c[nH]c2ccccc12)C(=O)N[C@@H](Cc1ccccc1)C(=O)N[C@@H](Cc1cnc[nH]1)C(=O)N[C@@H](CCCN=C(N)N)C(N)=O. The van der Waals surface area contributed by atoms with Crippen LogP contribution in [0.25, 0.3) is 10.9 Å². The summed E-state index contributed by atoms with van der Waals surface area (Å²) >= 11 is 0. The topological polar surface area (TPSA) is 347 Å². The average Bonchev–Trinajstić information content (AvgIpc) is 4.20. The third-order valence-electron chi connectivity index (χ3n) is 12.8. The molecule has 4 heterocycles. The molecule has 2 aliphatic heterocycles. The van der Waals surface area contributed by atoms with E-state index in [0.717, 1.165) is 10.9 Å². The maximum atomic E-state index is 14.8. The van der Waals surface area contributed by atoms with Crippen molar-refractivity contribution in [1.82, 2.24) is 51.8 Å². The molecule has 8 atom stereocenters. The number of hydrogen-bond donors (Lipinski definition) is 11. The molecule has 0 radical (unpaired) electrons. The van der Waals surface area contributed by atoms with Gasteiger partial charge >= 0.3 is 0 Å². The van der Waals surface area contributed by atoms with Crippen molar-refractivity contribution < 1.29 is 38.4 Å². The van der Waals surface area contributed by atoms with Gasteiger partial charge in [-0.2, -0.15) is 0 Å². The van der Waals surface area contributed by atoms with Crippen LogP contribution in [0.15, 0.2) is 78.3 Å². The molecule has 2 aromatic carbocycles. The summed E-state index contributed by atoms with van der Waals surface area (Å²) in [6.45, 7) is 4.12. The number of aromatic amines is 2. The summed E-state index contributed by atoms with van der Waals surface area (Å²) in [7, 11) is 0. The van der Waals surface area contributed by atoms with E-state index in [1.165, 1.54) is 17.4 Å². The van der Waals surface area contributed by atoms with Crippen molar-refractivity contribution in [2.75, 3.05) is 13.1 Å². The molecule has 2 aromatic heterocycles. The third-order valence-corrected chi connectivity index (χ3v) is 12.8. The Balaban J connectivity index is 1.25. The highest BCUT2D eigenvalue weighted by Crippen LogP contribution is 2.24. The number of rotatable bonds is 24. The van der Waals surface area contributed by atoms with Crippen LogP contribution in [0, 0.1) is 5.92 Å². The number of para-hydroxylation sites is 1. The summed E-state index contributed by atoms with van der Waals surface area (Å²) in [6.07, 6.45) is 6.69. The lowest BCUT2D eigenvalue weighted by molar-refractivity contribution is -0.143. The number of guanidine groups is 1. The van der Waals surface area contributed by atoms with Crippen LogP contribution in [0.3, 0.4) is 0 Å². The summed E-state index contributed by atoms with van der Waals surface area (Å²) in [4.78, 5) is 125. The quantitative estimate of drug-likeness (QED) is 0.0235. The molecule has 0 spiro atoms. The van der Waals surface area contributed by atoms with Gasteiger partial charge in [0.2, 0.25) is 47.3 Å². The van der Waals surface area contributed by atoms with Gasteiger partial charge in [-0.1, -0.05) is 68.8 Å². The van der Waals surface area contributed by atoms with Crippen LogP contribution in [0.1, 0.15) is 75.6 Å². The Morgan fingerprint density at radius 1 is 0.800 bits per heavy atom. The van der Waals surface area contributed by atoms with E-state index in [4.69, 9.17) is 17.2 Å². The minimum absolute atomic E-state index is 0.0247. The summed E-state index contributed by atoms with van der Waals surface area (Å²) in [5, 5.41) is 17.5. The van der Waals surface area contributed by atoms with Crippen molar-refractivity contribution in [2.24, 2.45) is 28.1 Å². The van der Waals surface area contributed by atoms with Crippen molar-refractivity contribution in [3.05, 3.63) is 90.1 Å². The maximum absolute atomic E-state index is 14.8. The highest BCUT2D eigenvalue weighted by molar-refractivity contribution is 5.99. The number of aliphatic imine (C=N–C) groups is 1. The summed E-state index contributed by atoms with van der Waals surface area (Å²) < 4.78 is 0. The second-order valence-electron chi connectivity index (χ2n) is 17.9. The Kier molecular flexibility index (Phi) is 18.1. The van der Waals surface area contributed by atoms with Crippen LogP contribution in [0.4, 0.5) is 0 Å². The average molecular weight is 965 g/mol. The molecule has 22 heteroatoms. The van der Waals surface area contributed by atoms with Crippen LogP contribution in [0.2, 0.25) is 0 Å². The van der Waals surface area contributed by atoms with Gasteiger partial charge in [0.25, 0.3) is 0 Å². The van der Waals surface area contributed by atoms with Crippen molar-refractivity contribution in [3.8, 4) is 0 Å². The molecule has 0 aliphatic carbocycles. The lowest BCUT2D eigenvalue weighted by Crippen LogP contribution is -2.61. The summed E-state index contributed by atoms with van der Waals surface area (Å²) in [5.74, 6) is -5.26. The highest BCUT2D eigenvalue weighted by atomic mass is 16.2. The van der Waals surface area contributed by atoms with E-state index in [0.29, 0.717) is 42.5 Å². The number of carbonyl (C=O) groups excluding carboxylic acids is 8. The Morgan fingerprint density at radius 2 is 1.47 bits per heavy atom. The van der Waals surface area contributed by atoms with Crippen LogP contribution in [0.5, 0.6) is 0 Å². The largest absolute Gasteiger partial charge is 0.370 e. The van der Waals surface area contributed by atoms with Gasteiger partial charge in [0.1, 0.15) is 42.3 Å². The van der Waals surface area contributed by atoms with Gasteiger partial charge in [-0.3, -0.25) is 43.3 Å². The predicted octanol–water partition coefficient (Wildman–Crippen LogP) is -0.802. The number of H-pyrrole nitrogens is 2. The van der Waals surface area contributed by atoms with E-state index < -0.39 is 83.6 Å². The van der Waals surface area contributed by atoms with Gasteiger partial charge in [0.15, 0.2) is 5.96 Å². The zero-order valence-electron chi connectivity index (χ0n) is 39.4. The second kappa shape index (κ2) is 24.5. The molecule has 2 aliphatic rings. The highest BCUT2D eigenvalue weighted by Gasteiger charge is 2.42. The number of carbonyl (C=O) groups is 8. The van der Waals surface area contributed by atoms with Crippen LogP contribution in [-0.2, 0) is 57.6 Å². The molecule has 0 unspecified atom stereocenters. The zero-order valence-corrected chi connectivity index (χ0v) is 39.4. The first-order valence-electron chi connectivity index (χ1n) is 23.6. The summed E-state index contributed by atoms with van der Waals surface area (Å²) in [6, 6.07) is 8.56. The minimum Gasteiger partial charge on any atom is -0.370 e. The predicted molar refractivity (Wildman–Crippen MR) is 259 cm³/mol. The van der Waals surface area contributed by atoms with Gasteiger partial charge in [0, 0.05) is 67.8 Å². The van der Waals surface area contributed by atoms with E-state index in [1.54, 1.807) is 36.5 Å². The molecule has 2 fully saturated rings. The molecular weight excluding hydrogens is 901 g/mol. The molecule has 0 bridgehead atoms. The number of benzene rings is 2. The van der Waals surface area contributed by atoms with Gasteiger partial charge < -0.3 is 64.0 Å². The number of nitrogens with zero attached hydrogens (tertiary/aromatic N) is 3. The first kappa shape index (κ1) is 51.6. The number of fused-ring (bicyclic) bond motifs is 1. The fourth-order valence-electron chi connectivity index (χ4n) is 8.72. The summed E-state index contributed by atoms with van der Waals surface area (Å²) in [5.41, 5.74) is 19.1. The molecule has 374 valence electrons. The zero-order chi connectivity index (χ0) is 50.3. The molecule has 8 amide bonds. The van der Waals surface area contributed by atoms with Crippen molar-refractivity contribution in [3.63, 3.8) is 0 Å². The van der Waals surface area contributed by atoms with Crippen LogP contribution < -0.4 is 49.1 Å². The fourth-order valence-corrected chi connectivity index (χ4v) is 8.72. The molecule has 4 aromatic rings. The van der Waals surface area contributed by atoms with Crippen LogP contribution in [-0.4, -0.2) is 128 Å². The maximum Gasteiger partial charge on any atom is 0.246 e. The van der Waals surface area contributed by atoms with E-state index in [2.05, 4.69) is 51.8 Å². The number of nitrogens with one attached hydrogen (secondary N) is 8. The standard InChI is InChI=1S/C48H64N14O8/c1-3-27(2)40(61-42(65)34-17-18-39(63)56-34)47(70)62-20-10-16-38(62)46(69)60-36(22-29-24-54-32-14-8-7-13-31(29)32)44(67)58-35(21-28-11-5-4-6-12-28)43(66)59-37(23-30-25-52-26-55-30)45(68)57-33(41(49)64)15-9-19-53-48(50)51/h4-8,11-14,24-27,33-38,40,54H,3,9-10,15-23H2,1-2H3,(H2,49,64)(H,52,55)(H,56,63)(H,57,68)(H,58,67)(H,59,66)(H,60,69)(H,61,65)(H4,50,51,53)/t27-,33-,34-,35-,36-,37-,38-,40-/m0/s1. The van der Waals surface area contributed by atoms with Gasteiger partial charge in [-0.25, -0.2) is 4.98 Å². The number of imidazole rings is 1. The second-order valence-corrected chi connectivity index (χ2v) is 17.9. The Labute approximate surface area is 404 Å². The number of hydrogen-bond acceptors (Lipinski definition) is 10. The lowest BCUT2D eigenvalue weighted by atomic mass is 9.96. The van der Waals surface area contributed by atoms with E-state index in [1.807, 2.05) is 38.1 Å². The molecule has 14 N–H and O–H groups in total. The number of amides is 8. The van der Waals surface area contributed by atoms with Gasteiger partial charge in [-0.15, -0.1) is 0 Å². The Bertz CT molecular complexity index is 2510. The molecule has 22 nitrogen and oxygen atoms in total. The van der Waals surface area contributed by atoms with E-state index >= 15 is 0 Å². The van der Waals surface area contributed by atoms with Crippen molar-refractivity contribution >= 4 is 64.1 Å².